The maximum absolute atomic E-state index is 3.70. The first-order valence-electron chi connectivity index (χ1n) is 6.52. The Morgan fingerprint density at radius 1 is 1.20 bits per heavy atom. The van der Waals surface area contributed by atoms with Crippen molar-refractivity contribution in [3.05, 3.63) is 0 Å². The third kappa shape index (κ3) is 3.99. The lowest BCUT2D eigenvalue weighted by atomic mass is 10.0. The lowest BCUT2D eigenvalue weighted by Crippen LogP contribution is -2.37. The van der Waals surface area contributed by atoms with Crippen LogP contribution in [-0.2, 0) is 0 Å². The summed E-state index contributed by atoms with van der Waals surface area (Å²) in [6.45, 7) is 7.05. The third-order valence-corrected chi connectivity index (χ3v) is 5.40. The molecule has 0 radical (unpaired) electrons. The van der Waals surface area contributed by atoms with Gasteiger partial charge in [0.1, 0.15) is 0 Å². The predicted octanol–water partition coefficient (Wildman–Crippen LogP) is 3.69. The van der Waals surface area contributed by atoms with Gasteiger partial charge in [0.15, 0.2) is 0 Å². The van der Waals surface area contributed by atoms with E-state index in [0.29, 0.717) is 4.75 Å². The first kappa shape index (κ1) is 13.4. The van der Waals surface area contributed by atoms with E-state index in [1.165, 1.54) is 51.6 Å². The molecule has 0 spiro atoms. The topological polar surface area (TPSA) is 12.0 Å². The molecule has 1 rings (SSSR count). The molecule has 90 valence electrons. The molecule has 0 unspecified atom stereocenters. The van der Waals surface area contributed by atoms with Crippen molar-refractivity contribution in [2.45, 2.75) is 57.1 Å². The molecular weight excluding hydrogens is 202 g/mol. The Kier molecular flexibility index (Phi) is 6.06. The van der Waals surface area contributed by atoms with Crippen LogP contribution in [0.25, 0.3) is 0 Å². The number of thioether (sulfide) groups is 1. The Labute approximate surface area is 99.8 Å². The third-order valence-electron chi connectivity index (χ3n) is 3.98. The van der Waals surface area contributed by atoms with Crippen LogP contribution in [0.4, 0.5) is 0 Å². The molecule has 1 N–H and O–H groups in total. The van der Waals surface area contributed by atoms with E-state index < -0.39 is 0 Å². The zero-order valence-corrected chi connectivity index (χ0v) is 11.5. The SMILES string of the molecule is CCC(CC)CNCC1(SC)CCCC1. The van der Waals surface area contributed by atoms with Crippen molar-refractivity contribution in [1.82, 2.24) is 5.32 Å². The van der Waals surface area contributed by atoms with Gasteiger partial charge in [-0.15, -0.1) is 0 Å². The monoisotopic (exact) mass is 229 g/mol. The van der Waals surface area contributed by atoms with Crippen LogP contribution in [0.2, 0.25) is 0 Å². The van der Waals surface area contributed by atoms with Crippen LogP contribution in [0.5, 0.6) is 0 Å². The lowest BCUT2D eigenvalue weighted by Gasteiger charge is -2.28. The molecule has 0 aromatic carbocycles. The van der Waals surface area contributed by atoms with Crippen molar-refractivity contribution in [3.8, 4) is 0 Å². The zero-order valence-electron chi connectivity index (χ0n) is 10.6. The molecule has 0 amide bonds. The molecule has 0 bridgehead atoms. The first-order valence-corrected chi connectivity index (χ1v) is 7.74. The molecule has 1 nitrogen and oxygen atoms in total. The van der Waals surface area contributed by atoms with Gasteiger partial charge in [-0.2, -0.15) is 11.8 Å². The van der Waals surface area contributed by atoms with Crippen LogP contribution in [0, 0.1) is 5.92 Å². The second-order valence-electron chi connectivity index (χ2n) is 4.91. The zero-order chi connectivity index (χ0) is 11.1. The minimum absolute atomic E-state index is 0.575. The second-order valence-corrected chi connectivity index (χ2v) is 6.18. The highest BCUT2D eigenvalue weighted by Crippen LogP contribution is 2.39. The van der Waals surface area contributed by atoms with E-state index in [0.717, 1.165) is 5.92 Å². The summed E-state index contributed by atoms with van der Waals surface area (Å²) in [5, 5.41) is 3.70. The molecule has 0 aromatic heterocycles. The molecule has 1 saturated carbocycles. The van der Waals surface area contributed by atoms with E-state index in [-0.39, 0.29) is 0 Å². The molecule has 2 heteroatoms. The number of hydrogen-bond acceptors (Lipinski definition) is 2. The lowest BCUT2D eigenvalue weighted by molar-refractivity contribution is 0.427. The van der Waals surface area contributed by atoms with E-state index in [4.69, 9.17) is 0 Å². The van der Waals surface area contributed by atoms with Crippen molar-refractivity contribution >= 4 is 11.8 Å². The number of hydrogen-bond donors (Lipinski definition) is 1. The summed E-state index contributed by atoms with van der Waals surface area (Å²) in [6.07, 6.45) is 10.6. The van der Waals surface area contributed by atoms with Gasteiger partial charge in [-0.05, 0) is 31.6 Å². The van der Waals surface area contributed by atoms with Crippen molar-refractivity contribution < 1.29 is 0 Å². The van der Waals surface area contributed by atoms with Crippen LogP contribution in [-0.4, -0.2) is 24.1 Å². The fourth-order valence-electron chi connectivity index (χ4n) is 2.55. The Morgan fingerprint density at radius 3 is 2.27 bits per heavy atom. The summed E-state index contributed by atoms with van der Waals surface area (Å²) in [7, 11) is 0. The smallest absolute Gasteiger partial charge is 0.0281 e. The van der Waals surface area contributed by atoms with Gasteiger partial charge in [0.2, 0.25) is 0 Å². The molecule has 0 atom stereocenters. The molecule has 0 heterocycles. The Balaban J connectivity index is 2.22. The van der Waals surface area contributed by atoms with Crippen LogP contribution >= 0.6 is 11.8 Å². The van der Waals surface area contributed by atoms with Gasteiger partial charge < -0.3 is 5.32 Å². The second kappa shape index (κ2) is 6.80. The van der Waals surface area contributed by atoms with E-state index in [2.05, 4.69) is 37.2 Å². The Hall–Kier alpha value is 0.310. The maximum atomic E-state index is 3.70. The van der Waals surface area contributed by atoms with Crippen molar-refractivity contribution in [2.75, 3.05) is 19.3 Å². The summed E-state index contributed by atoms with van der Waals surface area (Å²) >= 11 is 2.08. The van der Waals surface area contributed by atoms with Gasteiger partial charge in [-0.1, -0.05) is 39.5 Å². The molecular formula is C13H27NS. The van der Waals surface area contributed by atoms with Crippen molar-refractivity contribution in [3.63, 3.8) is 0 Å². The highest BCUT2D eigenvalue weighted by atomic mass is 32.2. The Morgan fingerprint density at radius 2 is 1.80 bits per heavy atom. The van der Waals surface area contributed by atoms with Gasteiger partial charge in [0.05, 0.1) is 0 Å². The van der Waals surface area contributed by atoms with Gasteiger partial charge in [0, 0.05) is 11.3 Å². The maximum Gasteiger partial charge on any atom is 0.0281 e. The largest absolute Gasteiger partial charge is 0.315 e. The highest BCUT2D eigenvalue weighted by Gasteiger charge is 2.32. The van der Waals surface area contributed by atoms with Gasteiger partial charge >= 0.3 is 0 Å². The predicted molar refractivity (Wildman–Crippen MR) is 71.7 cm³/mol. The first-order chi connectivity index (χ1) is 7.26. The van der Waals surface area contributed by atoms with E-state index in [9.17, 15) is 0 Å². The summed E-state index contributed by atoms with van der Waals surface area (Å²) < 4.78 is 0.575. The summed E-state index contributed by atoms with van der Waals surface area (Å²) in [6, 6.07) is 0. The quantitative estimate of drug-likeness (QED) is 0.714. The van der Waals surface area contributed by atoms with E-state index in [1.54, 1.807) is 0 Å². The molecule has 0 aliphatic heterocycles. The molecule has 1 aliphatic carbocycles. The number of nitrogens with one attached hydrogen (secondary N) is 1. The van der Waals surface area contributed by atoms with Crippen molar-refractivity contribution in [1.29, 1.82) is 0 Å². The minimum Gasteiger partial charge on any atom is -0.315 e. The molecule has 0 aromatic rings. The van der Waals surface area contributed by atoms with Crippen LogP contribution in [0.1, 0.15) is 52.4 Å². The molecule has 0 saturated heterocycles. The minimum atomic E-state index is 0.575. The number of rotatable bonds is 7. The normalized spacial score (nSPS) is 20.0. The highest BCUT2D eigenvalue weighted by molar-refractivity contribution is 8.00. The van der Waals surface area contributed by atoms with Crippen LogP contribution in [0.15, 0.2) is 0 Å². The summed E-state index contributed by atoms with van der Waals surface area (Å²) in [5.74, 6) is 0.880. The van der Waals surface area contributed by atoms with Gasteiger partial charge in [0.25, 0.3) is 0 Å². The molecule has 1 aliphatic rings. The average Bonchev–Trinajstić information content (AvgIpc) is 2.74. The average molecular weight is 229 g/mol. The fourth-order valence-corrected chi connectivity index (χ4v) is 3.50. The van der Waals surface area contributed by atoms with Crippen LogP contribution < -0.4 is 5.32 Å². The summed E-state index contributed by atoms with van der Waals surface area (Å²) in [5.41, 5.74) is 0. The van der Waals surface area contributed by atoms with Crippen LogP contribution in [0.3, 0.4) is 0 Å². The summed E-state index contributed by atoms with van der Waals surface area (Å²) in [4.78, 5) is 0. The van der Waals surface area contributed by atoms with Gasteiger partial charge in [-0.25, -0.2) is 0 Å². The van der Waals surface area contributed by atoms with Gasteiger partial charge in [-0.3, -0.25) is 0 Å². The molecule has 15 heavy (non-hydrogen) atoms. The standard InChI is InChI=1S/C13H27NS/c1-4-12(5-2)10-14-11-13(15-3)8-6-7-9-13/h12,14H,4-11H2,1-3H3. The Bertz CT molecular complexity index is 160. The fraction of sp³-hybridized carbons (Fsp3) is 1.00. The molecule has 1 fully saturated rings. The van der Waals surface area contributed by atoms with E-state index >= 15 is 0 Å². The van der Waals surface area contributed by atoms with E-state index in [1.807, 2.05) is 0 Å². The van der Waals surface area contributed by atoms with Crippen molar-refractivity contribution in [2.24, 2.45) is 5.92 Å².